The van der Waals surface area contributed by atoms with Crippen molar-refractivity contribution in [1.82, 2.24) is 14.3 Å². The van der Waals surface area contributed by atoms with Crippen LogP contribution in [-0.4, -0.2) is 63.7 Å². The van der Waals surface area contributed by atoms with E-state index in [-0.39, 0.29) is 16.7 Å². The quantitative estimate of drug-likeness (QED) is 0.226. The lowest BCUT2D eigenvalue weighted by atomic mass is 10.1. The Hall–Kier alpha value is -2.52. The highest BCUT2D eigenvalue weighted by Gasteiger charge is 2.45. The van der Waals surface area contributed by atoms with Crippen molar-refractivity contribution < 1.29 is 52.0 Å². The first kappa shape index (κ1) is 26.5. The molecule has 196 valence electrons. The molecule has 1 saturated heterocycles. The molecule has 0 spiro atoms. The summed E-state index contributed by atoms with van der Waals surface area (Å²) in [6.45, 7) is -0.491. The molecule has 18 heteroatoms. The summed E-state index contributed by atoms with van der Waals surface area (Å²) in [5.41, 5.74) is -1.75. The zero-order chi connectivity index (χ0) is 26.4. The zero-order valence-corrected chi connectivity index (χ0v) is 19.8. The van der Waals surface area contributed by atoms with Gasteiger partial charge in [-0.25, -0.2) is 18.1 Å². The Morgan fingerprint density at radius 2 is 1.83 bits per heavy atom. The Morgan fingerprint density at radius 1 is 1.11 bits per heavy atom. The van der Waals surface area contributed by atoms with E-state index in [0.29, 0.717) is 4.57 Å². The molecule has 36 heavy (non-hydrogen) atoms. The van der Waals surface area contributed by atoms with Gasteiger partial charge in [-0.1, -0.05) is 11.2 Å². The Balaban J connectivity index is 1.58. The van der Waals surface area contributed by atoms with Crippen LogP contribution in [0.25, 0.3) is 11.0 Å². The Morgan fingerprint density at radius 3 is 2.53 bits per heavy atom. The third-order valence-electron chi connectivity index (χ3n) is 5.46. The van der Waals surface area contributed by atoms with Gasteiger partial charge in [-0.3, -0.25) is 18.5 Å². The molecule has 3 aromatic rings. The third kappa shape index (κ3) is 5.42. The summed E-state index contributed by atoms with van der Waals surface area (Å²) in [5.74, 6) is -0.683. The molecule has 2 aromatic heterocycles. The molecule has 1 aromatic carbocycles. The summed E-state index contributed by atoms with van der Waals surface area (Å²) >= 11 is 0. The van der Waals surface area contributed by atoms with Crippen molar-refractivity contribution in [2.45, 2.75) is 37.5 Å². The molecule has 0 saturated carbocycles. The van der Waals surface area contributed by atoms with Gasteiger partial charge in [-0.2, -0.15) is 0 Å². The van der Waals surface area contributed by atoms with Gasteiger partial charge in [-0.05, 0) is 18.6 Å². The number of aromatic nitrogens is 3. The van der Waals surface area contributed by atoms with Crippen molar-refractivity contribution >= 4 is 26.4 Å². The van der Waals surface area contributed by atoms with E-state index in [1.54, 1.807) is 0 Å². The molecule has 1 fully saturated rings. The maximum Gasteiger partial charge on any atom is 0.476 e. The molecule has 0 radical (unpaired) electrons. The van der Waals surface area contributed by atoms with Gasteiger partial charge in [0.15, 0.2) is 11.8 Å². The molecule has 3 heterocycles. The first-order valence-corrected chi connectivity index (χ1v) is 13.5. The second-order valence-corrected chi connectivity index (χ2v) is 11.3. The van der Waals surface area contributed by atoms with E-state index in [2.05, 4.69) is 9.47 Å². The predicted octanol–water partition coefficient (Wildman–Crippen LogP) is -0.357. The van der Waals surface area contributed by atoms with Gasteiger partial charge in [-0.15, -0.1) is 0 Å². The number of hydrogen-bond donors (Lipinski definition) is 5. The molecule has 0 bridgehead atoms. The van der Waals surface area contributed by atoms with Crippen LogP contribution < -0.4 is 11.2 Å². The average Bonchev–Trinajstić information content (AvgIpc) is 3.30. The van der Waals surface area contributed by atoms with Gasteiger partial charge in [0.1, 0.15) is 23.7 Å². The molecule has 5 N–H and O–H groups in total. The Bertz CT molecular complexity index is 1500. The van der Waals surface area contributed by atoms with Gasteiger partial charge < -0.3 is 34.2 Å². The summed E-state index contributed by atoms with van der Waals surface area (Å²) in [5, 5.41) is 24.4. The number of ether oxygens (including phenoxy) is 1. The van der Waals surface area contributed by atoms with E-state index >= 15 is 0 Å². The number of aliphatic hydroxyl groups excluding tert-OH is 2. The number of aliphatic hydroxyl groups is 2. The topological polar surface area (TPSA) is 224 Å². The van der Waals surface area contributed by atoms with Gasteiger partial charge in [0.05, 0.1) is 24.2 Å². The van der Waals surface area contributed by atoms with E-state index in [4.69, 9.17) is 19.0 Å². The van der Waals surface area contributed by atoms with Crippen LogP contribution in [0.2, 0.25) is 0 Å². The Labute approximate surface area is 199 Å². The van der Waals surface area contributed by atoms with Crippen molar-refractivity contribution in [3.8, 4) is 0 Å². The monoisotopic (exact) mass is 551 g/mol. The van der Waals surface area contributed by atoms with Crippen LogP contribution in [0, 0.1) is 5.82 Å². The van der Waals surface area contributed by atoms with E-state index in [0.717, 1.165) is 22.9 Å². The number of hydrogen-bond acceptors (Lipinski definition) is 10. The van der Waals surface area contributed by atoms with E-state index in [9.17, 15) is 38.2 Å². The first-order valence-electron chi connectivity index (χ1n) is 10.2. The molecule has 0 aliphatic carbocycles. The van der Waals surface area contributed by atoms with Crippen molar-refractivity contribution in [2.24, 2.45) is 0 Å². The summed E-state index contributed by atoms with van der Waals surface area (Å²) in [6, 6.07) is 4.95. The number of halogens is 1. The number of nitrogens with zero attached hydrogens (tertiary/aromatic N) is 3. The minimum Gasteiger partial charge on any atom is -0.388 e. The zero-order valence-electron chi connectivity index (χ0n) is 18.0. The molecule has 4 rings (SSSR count). The summed E-state index contributed by atoms with van der Waals surface area (Å²) in [6.07, 6.45) is -6.63. The normalized spacial score (nSPS) is 24.3. The van der Waals surface area contributed by atoms with Gasteiger partial charge in [0, 0.05) is 12.3 Å². The molecule has 5 atom stereocenters. The van der Waals surface area contributed by atoms with Crippen LogP contribution in [-0.2, 0) is 24.7 Å². The lowest BCUT2D eigenvalue weighted by Gasteiger charge is -2.19. The minimum atomic E-state index is -5.27. The number of benzene rings is 1. The number of rotatable bonds is 8. The largest absolute Gasteiger partial charge is 0.476 e. The molecule has 1 aliphatic rings. The van der Waals surface area contributed by atoms with Gasteiger partial charge >= 0.3 is 21.1 Å². The van der Waals surface area contributed by atoms with E-state index in [1.807, 2.05) is 0 Å². The lowest BCUT2D eigenvalue weighted by molar-refractivity contribution is -0.0412. The first-order chi connectivity index (χ1) is 16.8. The van der Waals surface area contributed by atoms with Crippen LogP contribution in [0.3, 0.4) is 0 Å². The van der Waals surface area contributed by atoms with Crippen LogP contribution in [0.4, 0.5) is 4.39 Å². The number of phosphoric acid groups is 1. The predicted molar refractivity (Wildman–Crippen MR) is 116 cm³/mol. The lowest BCUT2D eigenvalue weighted by Crippen LogP contribution is -2.43. The standard InChI is InChI=1S/C18H20FN3O12P2/c19-9-2-1-3-11-14(9)10(20-33-11)8-22-13(23)4-6-21(18(22)26)17-16(25)15(24)12(32-17)5-7-35(27,28)34-36(29,30)31/h1-4,6,12,15-17,24-25H,5,7-8H2,(H,27,28)(H2,29,30,31)/t12-,15+,16?,17-/m1/s1. The molecular formula is C18H20FN3O12P2. The fraction of sp³-hybridized carbons (Fsp3) is 0.389. The van der Waals surface area contributed by atoms with Crippen molar-refractivity contribution in [1.29, 1.82) is 0 Å². The fourth-order valence-corrected chi connectivity index (χ4v) is 6.07. The average molecular weight is 551 g/mol. The molecular weight excluding hydrogens is 531 g/mol. The van der Waals surface area contributed by atoms with Crippen LogP contribution in [0.15, 0.2) is 44.6 Å². The summed E-state index contributed by atoms with van der Waals surface area (Å²) in [7, 11) is -10.1. The number of fused-ring (bicyclic) bond motifs is 1. The van der Waals surface area contributed by atoms with E-state index in [1.165, 1.54) is 12.1 Å². The highest BCUT2D eigenvalue weighted by Crippen LogP contribution is 2.57. The minimum absolute atomic E-state index is 0.0298. The second-order valence-electron chi connectivity index (χ2n) is 7.94. The van der Waals surface area contributed by atoms with Crippen molar-refractivity contribution in [3.05, 3.63) is 62.8 Å². The Kier molecular flexibility index (Phi) is 7.18. The highest BCUT2D eigenvalue weighted by atomic mass is 31.3. The van der Waals surface area contributed by atoms with Crippen molar-refractivity contribution in [3.63, 3.8) is 0 Å². The van der Waals surface area contributed by atoms with E-state index < -0.39 is 76.2 Å². The second kappa shape index (κ2) is 9.74. The van der Waals surface area contributed by atoms with Gasteiger partial charge in [0.25, 0.3) is 5.56 Å². The van der Waals surface area contributed by atoms with Gasteiger partial charge in [0.2, 0.25) is 0 Å². The maximum atomic E-state index is 14.3. The SMILES string of the molecule is O=c1ccn([C@@H]2O[C@H](CCP(=O)(O)OP(=O)(O)O)[C@H](O)C2O)c(=O)n1Cc1noc2cccc(F)c12. The van der Waals surface area contributed by atoms with Crippen molar-refractivity contribution in [2.75, 3.05) is 6.16 Å². The molecule has 2 unspecified atom stereocenters. The third-order valence-corrected chi connectivity index (χ3v) is 8.16. The van der Waals surface area contributed by atoms with Crippen LogP contribution in [0.1, 0.15) is 18.3 Å². The molecule has 1 aliphatic heterocycles. The summed E-state index contributed by atoms with van der Waals surface area (Å²) < 4.78 is 52.7. The van der Waals surface area contributed by atoms with Crippen LogP contribution >= 0.6 is 15.4 Å². The molecule has 0 amide bonds. The highest BCUT2D eigenvalue weighted by molar-refractivity contribution is 7.63. The molecule has 15 nitrogen and oxygen atoms in total. The fourth-order valence-electron chi connectivity index (χ4n) is 3.83. The summed E-state index contributed by atoms with van der Waals surface area (Å²) in [4.78, 5) is 52.5. The maximum absolute atomic E-state index is 14.3. The van der Waals surface area contributed by atoms with Crippen LogP contribution in [0.5, 0.6) is 0 Å². The smallest absolute Gasteiger partial charge is 0.388 e.